The Labute approximate surface area is 94.3 Å². The second-order valence-corrected chi connectivity index (χ2v) is 3.55. The highest BCUT2D eigenvalue weighted by Gasteiger charge is 2.06. The molecule has 17 heavy (non-hydrogen) atoms. The van der Waals surface area contributed by atoms with E-state index in [9.17, 15) is 9.18 Å². The standard InChI is InChI=1S/C11H7FN4O/c12-6-1-2-7-9(5-6)14-11(13-7)8-3-4-10(17)16-15-8/h1-5H,(H,13,14)(H,16,17). The molecule has 84 valence electrons. The number of nitrogens with one attached hydrogen (secondary N) is 2. The zero-order valence-electron chi connectivity index (χ0n) is 8.57. The highest BCUT2D eigenvalue weighted by Crippen LogP contribution is 2.18. The van der Waals surface area contributed by atoms with Crippen LogP contribution in [0.15, 0.2) is 35.1 Å². The van der Waals surface area contributed by atoms with Crippen LogP contribution in [0.4, 0.5) is 4.39 Å². The number of H-pyrrole nitrogens is 2. The minimum Gasteiger partial charge on any atom is -0.337 e. The van der Waals surface area contributed by atoms with Crippen LogP contribution in [-0.4, -0.2) is 20.2 Å². The molecule has 6 heteroatoms. The lowest BCUT2D eigenvalue weighted by Gasteiger charge is -1.91. The number of nitrogens with zero attached hydrogens (tertiary/aromatic N) is 2. The van der Waals surface area contributed by atoms with Gasteiger partial charge in [-0.2, -0.15) is 5.10 Å². The van der Waals surface area contributed by atoms with E-state index in [-0.39, 0.29) is 11.4 Å². The maximum Gasteiger partial charge on any atom is 0.264 e. The summed E-state index contributed by atoms with van der Waals surface area (Å²) in [7, 11) is 0. The van der Waals surface area contributed by atoms with Crippen LogP contribution in [0.3, 0.4) is 0 Å². The molecular weight excluding hydrogens is 223 g/mol. The zero-order valence-corrected chi connectivity index (χ0v) is 8.57. The van der Waals surface area contributed by atoms with Gasteiger partial charge >= 0.3 is 0 Å². The molecule has 1 aromatic carbocycles. The van der Waals surface area contributed by atoms with Crippen LogP contribution in [0.5, 0.6) is 0 Å². The van der Waals surface area contributed by atoms with Crippen molar-refractivity contribution in [3.8, 4) is 11.5 Å². The molecule has 0 saturated heterocycles. The summed E-state index contributed by atoms with van der Waals surface area (Å²) in [5, 5.41) is 6.16. The van der Waals surface area contributed by atoms with Crippen LogP contribution >= 0.6 is 0 Å². The summed E-state index contributed by atoms with van der Waals surface area (Å²) >= 11 is 0. The van der Waals surface area contributed by atoms with E-state index in [1.54, 1.807) is 12.1 Å². The quantitative estimate of drug-likeness (QED) is 0.664. The molecule has 0 amide bonds. The molecule has 2 aromatic heterocycles. The Bertz CT molecular complexity index is 726. The van der Waals surface area contributed by atoms with Crippen molar-refractivity contribution in [2.45, 2.75) is 0 Å². The van der Waals surface area contributed by atoms with Crippen molar-refractivity contribution in [1.29, 1.82) is 0 Å². The summed E-state index contributed by atoms with van der Waals surface area (Å²) < 4.78 is 13.0. The predicted molar refractivity (Wildman–Crippen MR) is 59.9 cm³/mol. The van der Waals surface area contributed by atoms with Crippen LogP contribution in [-0.2, 0) is 0 Å². The average molecular weight is 230 g/mol. The van der Waals surface area contributed by atoms with Crippen molar-refractivity contribution in [1.82, 2.24) is 20.2 Å². The lowest BCUT2D eigenvalue weighted by molar-refractivity contribution is 0.629. The summed E-state index contributed by atoms with van der Waals surface area (Å²) in [5.74, 6) is 0.156. The molecule has 0 unspecified atom stereocenters. The van der Waals surface area contributed by atoms with E-state index in [0.29, 0.717) is 22.6 Å². The predicted octanol–water partition coefficient (Wildman–Crippen LogP) is 1.45. The molecular formula is C11H7FN4O. The summed E-state index contributed by atoms with van der Waals surface area (Å²) in [6.45, 7) is 0. The van der Waals surface area contributed by atoms with E-state index in [4.69, 9.17) is 0 Å². The van der Waals surface area contributed by atoms with Crippen molar-refractivity contribution in [3.63, 3.8) is 0 Å². The number of halogens is 1. The lowest BCUT2D eigenvalue weighted by Crippen LogP contribution is -2.05. The molecule has 0 saturated carbocycles. The molecule has 0 aliphatic carbocycles. The van der Waals surface area contributed by atoms with Crippen LogP contribution in [0, 0.1) is 5.82 Å². The Morgan fingerprint density at radius 2 is 2.06 bits per heavy atom. The van der Waals surface area contributed by atoms with Gasteiger partial charge in [0.15, 0.2) is 5.82 Å². The molecule has 0 aliphatic rings. The maximum absolute atomic E-state index is 13.0. The van der Waals surface area contributed by atoms with Crippen LogP contribution < -0.4 is 5.56 Å². The van der Waals surface area contributed by atoms with Crippen molar-refractivity contribution in [2.24, 2.45) is 0 Å². The molecule has 2 heterocycles. The minimum atomic E-state index is -0.331. The molecule has 0 fully saturated rings. The largest absolute Gasteiger partial charge is 0.337 e. The Balaban J connectivity index is 2.17. The minimum absolute atomic E-state index is 0.282. The van der Waals surface area contributed by atoms with Crippen LogP contribution in [0.2, 0.25) is 0 Å². The summed E-state index contributed by atoms with van der Waals surface area (Å²) in [6.07, 6.45) is 0. The number of rotatable bonds is 1. The first-order valence-electron chi connectivity index (χ1n) is 4.94. The SMILES string of the molecule is O=c1ccc(-c2nc3ccc(F)cc3[nH]2)n[nH]1. The van der Waals surface area contributed by atoms with E-state index in [1.807, 2.05) is 0 Å². The lowest BCUT2D eigenvalue weighted by atomic mass is 10.3. The third-order valence-electron chi connectivity index (χ3n) is 2.37. The molecule has 0 bridgehead atoms. The number of aromatic amines is 2. The summed E-state index contributed by atoms with van der Waals surface area (Å²) in [5.41, 5.74) is 1.46. The average Bonchev–Trinajstić information content (AvgIpc) is 2.72. The van der Waals surface area contributed by atoms with Gasteiger partial charge in [-0.25, -0.2) is 14.5 Å². The van der Waals surface area contributed by atoms with E-state index < -0.39 is 0 Å². The zero-order chi connectivity index (χ0) is 11.8. The van der Waals surface area contributed by atoms with Gasteiger partial charge in [0.1, 0.15) is 11.5 Å². The van der Waals surface area contributed by atoms with Gasteiger partial charge in [-0.05, 0) is 24.3 Å². The normalized spacial score (nSPS) is 10.9. The van der Waals surface area contributed by atoms with Gasteiger partial charge in [0, 0.05) is 6.07 Å². The number of fused-ring (bicyclic) bond motifs is 1. The second kappa shape index (κ2) is 3.51. The first-order chi connectivity index (χ1) is 8.22. The first-order valence-corrected chi connectivity index (χ1v) is 4.94. The van der Waals surface area contributed by atoms with E-state index >= 15 is 0 Å². The van der Waals surface area contributed by atoms with E-state index in [1.165, 1.54) is 18.2 Å². The Hall–Kier alpha value is -2.50. The fourth-order valence-electron chi connectivity index (χ4n) is 1.58. The van der Waals surface area contributed by atoms with E-state index in [0.717, 1.165) is 0 Å². The Morgan fingerprint density at radius 1 is 1.18 bits per heavy atom. The van der Waals surface area contributed by atoms with Crippen molar-refractivity contribution in [2.75, 3.05) is 0 Å². The Morgan fingerprint density at radius 3 is 2.82 bits per heavy atom. The number of imidazole rings is 1. The van der Waals surface area contributed by atoms with Crippen LogP contribution in [0.25, 0.3) is 22.6 Å². The monoisotopic (exact) mass is 230 g/mol. The van der Waals surface area contributed by atoms with Gasteiger partial charge in [-0.1, -0.05) is 0 Å². The molecule has 0 atom stereocenters. The van der Waals surface area contributed by atoms with Gasteiger partial charge in [-0.15, -0.1) is 0 Å². The number of benzene rings is 1. The van der Waals surface area contributed by atoms with Gasteiger partial charge in [0.05, 0.1) is 11.0 Å². The highest BCUT2D eigenvalue weighted by molar-refractivity contribution is 5.78. The third kappa shape index (κ3) is 1.69. The van der Waals surface area contributed by atoms with Crippen molar-refractivity contribution < 1.29 is 4.39 Å². The fourth-order valence-corrected chi connectivity index (χ4v) is 1.58. The van der Waals surface area contributed by atoms with Gasteiger partial charge < -0.3 is 4.98 Å². The van der Waals surface area contributed by atoms with Crippen molar-refractivity contribution in [3.05, 3.63) is 46.5 Å². The van der Waals surface area contributed by atoms with Gasteiger partial charge in [-0.3, -0.25) is 4.79 Å². The first kappa shape index (κ1) is 9.71. The molecule has 5 nitrogen and oxygen atoms in total. The van der Waals surface area contributed by atoms with E-state index in [2.05, 4.69) is 20.2 Å². The molecule has 0 spiro atoms. The Kier molecular flexibility index (Phi) is 2.01. The summed E-state index contributed by atoms with van der Waals surface area (Å²) in [6, 6.07) is 7.18. The topological polar surface area (TPSA) is 74.4 Å². The van der Waals surface area contributed by atoms with Crippen LogP contribution in [0.1, 0.15) is 0 Å². The highest BCUT2D eigenvalue weighted by atomic mass is 19.1. The van der Waals surface area contributed by atoms with Gasteiger partial charge in [0.25, 0.3) is 5.56 Å². The molecule has 0 radical (unpaired) electrons. The van der Waals surface area contributed by atoms with Crippen molar-refractivity contribution >= 4 is 11.0 Å². The molecule has 3 aromatic rings. The number of hydrogen-bond donors (Lipinski definition) is 2. The second-order valence-electron chi connectivity index (χ2n) is 3.55. The fraction of sp³-hybridized carbons (Fsp3) is 0. The smallest absolute Gasteiger partial charge is 0.264 e. The molecule has 3 rings (SSSR count). The summed E-state index contributed by atoms with van der Waals surface area (Å²) in [4.78, 5) is 18.1. The molecule has 0 aliphatic heterocycles. The third-order valence-corrected chi connectivity index (χ3v) is 2.37. The maximum atomic E-state index is 13.0. The van der Waals surface area contributed by atoms with Gasteiger partial charge in [0.2, 0.25) is 0 Å². The number of hydrogen-bond acceptors (Lipinski definition) is 3. The molecule has 2 N–H and O–H groups in total. The number of aromatic nitrogens is 4.